The van der Waals surface area contributed by atoms with Crippen molar-refractivity contribution in [1.29, 1.82) is 0 Å². The standard InChI is InChI=1S/C23H29NO2/c1-6-7-21(25)24-18-12-13-20-19(14-18)22(23(4,5)26-20)17-10-8-16(9-11-17)15(2)3/h8-15,22H,6-7H2,1-5H3,(H,24,25). The molecule has 0 saturated heterocycles. The SMILES string of the molecule is CCCC(=O)Nc1ccc2c(c1)C(c1ccc(C(C)C)cc1)C(C)(C)O2. The summed E-state index contributed by atoms with van der Waals surface area (Å²) in [7, 11) is 0. The van der Waals surface area contributed by atoms with Crippen LogP contribution < -0.4 is 10.1 Å². The van der Waals surface area contributed by atoms with Gasteiger partial charge in [-0.25, -0.2) is 0 Å². The Morgan fingerprint density at radius 1 is 1.15 bits per heavy atom. The molecule has 0 fully saturated rings. The van der Waals surface area contributed by atoms with Crippen molar-refractivity contribution < 1.29 is 9.53 Å². The summed E-state index contributed by atoms with van der Waals surface area (Å²) in [6.45, 7) is 10.7. The zero-order valence-corrected chi connectivity index (χ0v) is 16.4. The number of amides is 1. The van der Waals surface area contributed by atoms with Crippen molar-refractivity contribution in [2.45, 2.75) is 64.9 Å². The Balaban J connectivity index is 1.95. The van der Waals surface area contributed by atoms with Crippen LogP contribution in [0.5, 0.6) is 5.75 Å². The molecule has 0 radical (unpaired) electrons. The van der Waals surface area contributed by atoms with E-state index >= 15 is 0 Å². The van der Waals surface area contributed by atoms with Crippen molar-refractivity contribution in [2.75, 3.05) is 5.32 Å². The van der Waals surface area contributed by atoms with E-state index in [-0.39, 0.29) is 17.4 Å². The summed E-state index contributed by atoms with van der Waals surface area (Å²) in [5, 5.41) is 3.00. The molecule has 1 aliphatic heterocycles. The Morgan fingerprint density at radius 2 is 1.85 bits per heavy atom. The van der Waals surface area contributed by atoms with Crippen LogP contribution in [0, 0.1) is 0 Å². The monoisotopic (exact) mass is 351 g/mol. The van der Waals surface area contributed by atoms with Crippen molar-refractivity contribution in [1.82, 2.24) is 0 Å². The molecular formula is C23H29NO2. The van der Waals surface area contributed by atoms with Gasteiger partial charge in [-0.15, -0.1) is 0 Å². The van der Waals surface area contributed by atoms with Crippen molar-refractivity contribution in [3.05, 3.63) is 59.2 Å². The highest BCUT2D eigenvalue weighted by Crippen LogP contribution is 2.49. The van der Waals surface area contributed by atoms with E-state index in [9.17, 15) is 4.79 Å². The molecule has 26 heavy (non-hydrogen) atoms. The molecule has 1 aliphatic rings. The zero-order valence-electron chi connectivity index (χ0n) is 16.4. The molecule has 1 unspecified atom stereocenters. The van der Waals surface area contributed by atoms with Gasteiger partial charge in [0.05, 0.1) is 5.92 Å². The second-order valence-corrected chi connectivity index (χ2v) is 8.01. The van der Waals surface area contributed by atoms with Crippen LogP contribution in [0.4, 0.5) is 5.69 Å². The maximum Gasteiger partial charge on any atom is 0.224 e. The average molecular weight is 351 g/mol. The Hall–Kier alpha value is -2.29. The average Bonchev–Trinajstić information content (AvgIpc) is 2.84. The summed E-state index contributed by atoms with van der Waals surface area (Å²) in [4.78, 5) is 12.0. The predicted molar refractivity (Wildman–Crippen MR) is 107 cm³/mol. The number of anilines is 1. The highest BCUT2D eigenvalue weighted by molar-refractivity contribution is 5.91. The molecule has 1 N–H and O–H groups in total. The van der Waals surface area contributed by atoms with Crippen LogP contribution in [0.2, 0.25) is 0 Å². The zero-order chi connectivity index (χ0) is 18.9. The lowest BCUT2D eigenvalue weighted by Gasteiger charge is -2.27. The quantitative estimate of drug-likeness (QED) is 0.733. The summed E-state index contributed by atoms with van der Waals surface area (Å²) in [6.07, 6.45) is 1.39. The molecule has 2 aromatic rings. The molecule has 1 amide bonds. The first-order valence-corrected chi connectivity index (χ1v) is 9.54. The largest absolute Gasteiger partial charge is 0.487 e. The minimum Gasteiger partial charge on any atom is -0.487 e. The normalized spacial score (nSPS) is 17.7. The summed E-state index contributed by atoms with van der Waals surface area (Å²) < 4.78 is 6.23. The van der Waals surface area contributed by atoms with Crippen LogP contribution in [-0.4, -0.2) is 11.5 Å². The lowest BCUT2D eigenvalue weighted by atomic mass is 9.80. The van der Waals surface area contributed by atoms with Crippen LogP contribution in [-0.2, 0) is 4.79 Å². The van der Waals surface area contributed by atoms with E-state index in [2.05, 4.69) is 63.3 Å². The van der Waals surface area contributed by atoms with E-state index in [1.807, 2.05) is 19.1 Å². The second-order valence-electron chi connectivity index (χ2n) is 8.01. The van der Waals surface area contributed by atoms with Gasteiger partial charge in [0.15, 0.2) is 0 Å². The molecule has 0 aromatic heterocycles. The minimum atomic E-state index is -0.326. The lowest BCUT2D eigenvalue weighted by Crippen LogP contribution is -2.30. The summed E-state index contributed by atoms with van der Waals surface area (Å²) in [5.41, 5.74) is 4.24. The van der Waals surface area contributed by atoms with Gasteiger partial charge in [0, 0.05) is 17.7 Å². The van der Waals surface area contributed by atoms with Gasteiger partial charge in [-0.3, -0.25) is 4.79 Å². The van der Waals surface area contributed by atoms with Gasteiger partial charge in [0.25, 0.3) is 0 Å². The van der Waals surface area contributed by atoms with Crippen LogP contribution in [0.3, 0.4) is 0 Å². The van der Waals surface area contributed by atoms with Gasteiger partial charge in [0.2, 0.25) is 5.91 Å². The second kappa shape index (κ2) is 7.14. The Bertz CT molecular complexity index is 790. The van der Waals surface area contributed by atoms with Crippen molar-refractivity contribution in [2.24, 2.45) is 0 Å². The number of fused-ring (bicyclic) bond motifs is 1. The number of rotatable bonds is 5. The first-order chi connectivity index (χ1) is 12.3. The van der Waals surface area contributed by atoms with Gasteiger partial charge in [-0.2, -0.15) is 0 Å². The maximum absolute atomic E-state index is 12.0. The molecule has 138 valence electrons. The van der Waals surface area contributed by atoms with Crippen molar-refractivity contribution in [3.8, 4) is 5.75 Å². The first-order valence-electron chi connectivity index (χ1n) is 9.54. The number of carbonyl (C=O) groups is 1. The molecule has 0 aliphatic carbocycles. The van der Waals surface area contributed by atoms with Gasteiger partial charge in [0.1, 0.15) is 11.4 Å². The van der Waals surface area contributed by atoms with Crippen LogP contribution in [0.15, 0.2) is 42.5 Å². The Labute approximate surface area is 156 Å². The summed E-state index contributed by atoms with van der Waals surface area (Å²) in [6, 6.07) is 14.8. The highest BCUT2D eigenvalue weighted by atomic mass is 16.5. The molecule has 3 nitrogen and oxygen atoms in total. The van der Waals surface area contributed by atoms with Gasteiger partial charge in [-0.1, -0.05) is 45.0 Å². The summed E-state index contributed by atoms with van der Waals surface area (Å²) >= 11 is 0. The minimum absolute atomic E-state index is 0.0588. The number of carbonyl (C=O) groups excluding carboxylic acids is 1. The molecule has 0 spiro atoms. The third-order valence-electron chi connectivity index (χ3n) is 5.09. The van der Waals surface area contributed by atoms with E-state index in [1.54, 1.807) is 0 Å². The van der Waals surface area contributed by atoms with E-state index in [1.165, 1.54) is 11.1 Å². The van der Waals surface area contributed by atoms with Gasteiger partial charge >= 0.3 is 0 Å². The number of nitrogens with one attached hydrogen (secondary N) is 1. The molecule has 3 rings (SSSR count). The molecule has 0 bridgehead atoms. The molecular weight excluding hydrogens is 322 g/mol. The number of ether oxygens (including phenoxy) is 1. The van der Waals surface area contributed by atoms with E-state index in [0.29, 0.717) is 12.3 Å². The van der Waals surface area contributed by atoms with Crippen molar-refractivity contribution >= 4 is 11.6 Å². The fourth-order valence-corrected chi connectivity index (χ4v) is 3.77. The summed E-state index contributed by atoms with van der Waals surface area (Å²) in [5.74, 6) is 1.62. The lowest BCUT2D eigenvalue weighted by molar-refractivity contribution is -0.116. The Kier molecular flexibility index (Phi) is 5.08. The van der Waals surface area contributed by atoms with Crippen LogP contribution >= 0.6 is 0 Å². The number of hydrogen-bond acceptors (Lipinski definition) is 2. The van der Waals surface area contributed by atoms with E-state index in [4.69, 9.17) is 4.74 Å². The first kappa shape index (κ1) is 18.5. The number of benzene rings is 2. The smallest absolute Gasteiger partial charge is 0.224 e. The molecule has 0 saturated carbocycles. The van der Waals surface area contributed by atoms with E-state index < -0.39 is 0 Å². The van der Waals surface area contributed by atoms with E-state index in [0.717, 1.165) is 23.4 Å². The van der Waals surface area contributed by atoms with Crippen LogP contribution in [0.25, 0.3) is 0 Å². The third-order valence-corrected chi connectivity index (χ3v) is 5.09. The van der Waals surface area contributed by atoms with Crippen LogP contribution in [0.1, 0.15) is 76.0 Å². The fourth-order valence-electron chi connectivity index (χ4n) is 3.77. The number of hydrogen-bond donors (Lipinski definition) is 1. The molecule has 1 atom stereocenters. The Morgan fingerprint density at radius 3 is 2.46 bits per heavy atom. The van der Waals surface area contributed by atoms with Gasteiger partial charge in [-0.05, 0) is 55.5 Å². The maximum atomic E-state index is 12.0. The molecule has 1 heterocycles. The molecule has 3 heteroatoms. The highest BCUT2D eigenvalue weighted by Gasteiger charge is 2.42. The van der Waals surface area contributed by atoms with Crippen molar-refractivity contribution in [3.63, 3.8) is 0 Å². The topological polar surface area (TPSA) is 38.3 Å². The molecule has 2 aromatic carbocycles. The third kappa shape index (κ3) is 3.62. The fraction of sp³-hybridized carbons (Fsp3) is 0.435. The predicted octanol–water partition coefficient (Wildman–Crippen LogP) is 5.85. The van der Waals surface area contributed by atoms with Gasteiger partial charge < -0.3 is 10.1 Å².